The molecular weight excluding hydrogens is 304 g/mol. The molecule has 4 N–H and O–H groups in total. The molecule has 1 aromatic heterocycles. The number of carboxylic acids is 1. The Kier molecular flexibility index (Phi) is 5.26. The third kappa shape index (κ3) is 4.29. The van der Waals surface area contributed by atoms with Gasteiger partial charge in [-0.05, 0) is 26.3 Å². The van der Waals surface area contributed by atoms with E-state index in [1.807, 2.05) is 0 Å². The maximum absolute atomic E-state index is 12.1. The number of carbonyl (C=O) groups is 2. The van der Waals surface area contributed by atoms with Crippen LogP contribution in [-0.4, -0.2) is 31.4 Å². The number of carboxylic acid groups (broad SMARTS) is 1. The molecule has 1 atom stereocenters. The number of aliphatic carboxylic acids is 1. The molecule has 0 bridgehead atoms. The fourth-order valence-corrected chi connectivity index (χ4v) is 4.42. The zero-order valence-corrected chi connectivity index (χ0v) is 12.7. The summed E-state index contributed by atoms with van der Waals surface area (Å²) in [5.74, 6) is -2.03. The first-order valence-corrected chi connectivity index (χ1v) is 8.04. The fraction of sp³-hybridized carbons (Fsp3) is 0.455. The van der Waals surface area contributed by atoms with Crippen molar-refractivity contribution in [2.24, 2.45) is 5.73 Å². The molecule has 0 spiro atoms. The van der Waals surface area contributed by atoms with Gasteiger partial charge in [0.2, 0.25) is 15.9 Å². The van der Waals surface area contributed by atoms with E-state index < -0.39 is 27.9 Å². The van der Waals surface area contributed by atoms with Crippen molar-refractivity contribution >= 4 is 33.2 Å². The highest BCUT2D eigenvalue weighted by molar-refractivity contribution is 7.89. The van der Waals surface area contributed by atoms with E-state index in [0.29, 0.717) is 4.88 Å². The number of nitrogens with one attached hydrogen (secondary N) is 1. The SMILES string of the molecule is Cc1cc(S(=O)(=O)N[C@@H](CCC(N)=O)C(=O)O)c(C)s1. The van der Waals surface area contributed by atoms with E-state index in [-0.39, 0.29) is 17.7 Å². The average Bonchev–Trinajstić information content (AvgIpc) is 2.64. The van der Waals surface area contributed by atoms with Gasteiger partial charge in [0.1, 0.15) is 6.04 Å². The van der Waals surface area contributed by atoms with Crippen LogP contribution in [0.4, 0.5) is 0 Å². The van der Waals surface area contributed by atoms with E-state index in [0.717, 1.165) is 4.88 Å². The minimum atomic E-state index is -3.93. The van der Waals surface area contributed by atoms with Gasteiger partial charge in [-0.25, -0.2) is 8.42 Å². The first-order valence-electron chi connectivity index (χ1n) is 5.74. The summed E-state index contributed by atoms with van der Waals surface area (Å²) in [5.41, 5.74) is 4.94. The lowest BCUT2D eigenvalue weighted by molar-refractivity contribution is -0.139. The van der Waals surface area contributed by atoms with E-state index in [1.54, 1.807) is 13.8 Å². The number of nitrogens with two attached hydrogens (primary N) is 1. The zero-order valence-electron chi connectivity index (χ0n) is 11.0. The topological polar surface area (TPSA) is 127 Å². The van der Waals surface area contributed by atoms with Crippen LogP contribution in [0.3, 0.4) is 0 Å². The smallest absolute Gasteiger partial charge is 0.321 e. The van der Waals surface area contributed by atoms with E-state index in [1.165, 1.54) is 17.4 Å². The van der Waals surface area contributed by atoms with Gasteiger partial charge in [0.05, 0.1) is 4.90 Å². The van der Waals surface area contributed by atoms with Crippen molar-refractivity contribution in [3.05, 3.63) is 15.8 Å². The Bertz CT molecular complexity index is 621. The van der Waals surface area contributed by atoms with Crippen LogP contribution in [0.1, 0.15) is 22.6 Å². The van der Waals surface area contributed by atoms with Gasteiger partial charge in [0.25, 0.3) is 0 Å². The van der Waals surface area contributed by atoms with Gasteiger partial charge in [-0.15, -0.1) is 11.3 Å². The van der Waals surface area contributed by atoms with Gasteiger partial charge < -0.3 is 10.8 Å². The highest BCUT2D eigenvalue weighted by Gasteiger charge is 2.27. The quantitative estimate of drug-likeness (QED) is 0.668. The summed E-state index contributed by atoms with van der Waals surface area (Å²) < 4.78 is 26.4. The molecule has 0 aliphatic rings. The van der Waals surface area contributed by atoms with Crippen LogP contribution in [0.25, 0.3) is 0 Å². The van der Waals surface area contributed by atoms with Crippen LogP contribution in [0.2, 0.25) is 0 Å². The monoisotopic (exact) mass is 320 g/mol. The van der Waals surface area contributed by atoms with Gasteiger partial charge in [-0.2, -0.15) is 4.72 Å². The Morgan fingerprint density at radius 2 is 2.05 bits per heavy atom. The maximum Gasteiger partial charge on any atom is 0.321 e. The van der Waals surface area contributed by atoms with Crippen LogP contribution >= 0.6 is 11.3 Å². The summed E-state index contributed by atoms with van der Waals surface area (Å²) in [6.45, 7) is 3.41. The second-order valence-corrected chi connectivity index (χ2v) is 7.44. The molecule has 20 heavy (non-hydrogen) atoms. The fourth-order valence-electron chi connectivity index (χ4n) is 1.64. The van der Waals surface area contributed by atoms with Gasteiger partial charge in [-0.3, -0.25) is 9.59 Å². The predicted molar refractivity (Wildman–Crippen MR) is 74.0 cm³/mol. The number of amides is 1. The van der Waals surface area contributed by atoms with Gasteiger partial charge in [-0.1, -0.05) is 0 Å². The van der Waals surface area contributed by atoms with Gasteiger partial charge >= 0.3 is 5.97 Å². The minimum Gasteiger partial charge on any atom is -0.480 e. The number of primary amides is 1. The molecule has 112 valence electrons. The number of sulfonamides is 1. The number of aryl methyl sites for hydroxylation is 2. The van der Waals surface area contributed by atoms with E-state index in [2.05, 4.69) is 4.72 Å². The molecule has 0 aliphatic heterocycles. The molecule has 0 radical (unpaired) electrons. The molecule has 0 fully saturated rings. The molecule has 0 saturated heterocycles. The Morgan fingerprint density at radius 3 is 2.45 bits per heavy atom. The van der Waals surface area contributed by atoms with E-state index >= 15 is 0 Å². The molecule has 0 aromatic carbocycles. The van der Waals surface area contributed by atoms with Gasteiger partial charge in [0.15, 0.2) is 0 Å². The zero-order chi connectivity index (χ0) is 15.5. The lowest BCUT2D eigenvalue weighted by Crippen LogP contribution is -2.41. The highest BCUT2D eigenvalue weighted by atomic mass is 32.2. The van der Waals surface area contributed by atoms with Gasteiger partial charge in [0, 0.05) is 16.2 Å². The molecule has 1 rings (SSSR count). The van der Waals surface area contributed by atoms with Crippen LogP contribution in [0, 0.1) is 13.8 Å². The number of hydrogen-bond donors (Lipinski definition) is 3. The molecule has 0 saturated carbocycles. The molecule has 0 unspecified atom stereocenters. The summed E-state index contributed by atoms with van der Waals surface area (Å²) in [6, 6.07) is 0.0992. The summed E-state index contributed by atoms with van der Waals surface area (Å²) in [6.07, 6.45) is -0.396. The highest BCUT2D eigenvalue weighted by Crippen LogP contribution is 2.25. The summed E-state index contributed by atoms with van der Waals surface area (Å²) in [4.78, 5) is 23.2. The maximum atomic E-state index is 12.1. The van der Waals surface area contributed by atoms with Crippen molar-refractivity contribution in [1.82, 2.24) is 4.72 Å². The Hall–Kier alpha value is -1.45. The number of carbonyl (C=O) groups excluding carboxylic acids is 1. The largest absolute Gasteiger partial charge is 0.480 e. The van der Waals surface area contributed by atoms with E-state index in [9.17, 15) is 18.0 Å². The lowest BCUT2D eigenvalue weighted by Gasteiger charge is -2.13. The van der Waals surface area contributed by atoms with Crippen LogP contribution in [0.15, 0.2) is 11.0 Å². The molecule has 0 aliphatic carbocycles. The second-order valence-electron chi connectivity index (χ2n) is 4.29. The first-order chi connectivity index (χ1) is 9.13. The predicted octanol–water partition coefficient (Wildman–Crippen LogP) is 0.362. The molecule has 1 aromatic rings. The summed E-state index contributed by atoms with van der Waals surface area (Å²) >= 11 is 1.31. The summed E-state index contributed by atoms with van der Waals surface area (Å²) in [5, 5.41) is 8.99. The number of hydrogen-bond acceptors (Lipinski definition) is 5. The number of thiophene rings is 1. The Balaban J connectivity index is 2.94. The van der Waals surface area contributed by atoms with Crippen LogP contribution in [0.5, 0.6) is 0 Å². The third-order valence-corrected chi connectivity index (χ3v) is 5.25. The first kappa shape index (κ1) is 16.6. The molecule has 1 amide bonds. The lowest BCUT2D eigenvalue weighted by atomic mass is 10.2. The normalized spacial score (nSPS) is 13.1. The second kappa shape index (κ2) is 6.33. The summed E-state index contributed by atoms with van der Waals surface area (Å²) in [7, 11) is -3.93. The standard InChI is InChI=1S/C11H16N2O5S2/c1-6-5-9(7(2)19-6)20(17,18)13-8(11(15)16)3-4-10(12)14/h5,8,13H,3-4H2,1-2H3,(H2,12,14)(H,15,16)/t8-/m0/s1. The van der Waals surface area contributed by atoms with Crippen molar-refractivity contribution in [3.63, 3.8) is 0 Å². The van der Waals surface area contributed by atoms with Crippen molar-refractivity contribution in [1.29, 1.82) is 0 Å². The van der Waals surface area contributed by atoms with Crippen LogP contribution < -0.4 is 10.5 Å². The van der Waals surface area contributed by atoms with Crippen LogP contribution in [-0.2, 0) is 19.6 Å². The minimum absolute atomic E-state index is 0.0605. The van der Waals surface area contributed by atoms with Crippen molar-refractivity contribution in [2.75, 3.05) is 0 Å². The van der Waals surface area contributed by atoms with Crippen molar-refractivity contribution in [3.8, 4) is 0 Å². The Labute approximate surface area is 120 Å². The Morgan fingerprint density at radius 1 is 1.45 bits per heavy atom. The van der Waals surface area contributed by atoms with Crippen molar-refractivity contribution < 1.29 is 23.1 Å². The van der Waals surface area contributed by atoms with Crippen molar-refractivity contribution in [2.45, 2.75) is 37.6 Å². The molecule has 9 heteroatoms. The number of rotatable bonds is 7. The molecular formula is C11H16N2O5S2. The molecule has 7 nitrogen and oxygen atoms in total. The third-order valence-electron chi connectivity index (χ3n) is 2.56. The molecule has 1 heterocycles. The average molecular weight is 320 g/mol. The van der Waals surface area contributed by atoms with E-state index in [4.69, 9.17) is 10.8 Å².